The molecule has 0 amide bonds. The molecular weight excluding hydrogens is 324 g/mol. The first-order valence-electron chi connectivity index (χ1n) is 8.65. The number of benzene rings is 1. The van der Waals surface area contributed by atoms with E-state index in [0.29, 0.717) is 5.92 Å². The smallest absolute Gasteiger partial charge is 0.191 e. The number of guanidine groups is 1. The minimum absolute atomic E-state index is 0.668. The molecule has 1 aromatic rings. The van der Waals surface area contributed by atoms with Crippen molar-refractivity contribution in [3.63, 3.8) is 0 Å². The van der Waals surface area contributed by atoms with Crippen LogP contribution in [0.4, 0.5) is 0 Å². The molecule has 1 saturated heterocycles. The zero-order valence-corrected chi connectivity index (χ0v) is 15.7. The largest absolute Gasteiger partial charge is 0.497 e. The van der Waals surface area contributed by atoms with Crippen LogP contribution in [0.15, 0.2) is 23.2 Å². The highest BCUT2D eigenvalue weighted by atomic mass is 35.5. The second kappa shape index (κ2) is 9.74. The predicted octanol–water partition coefficient (Wildman–Crippen LogP) is 2.40. The van der Waals surface area contributed by atoms with Crippen molar-refractivity contribution in [2.24, 2.45) is 10.9 Å². The van der Waals surface area contributed by atoms with Crippen LogP contribution in [0.5, 0.6) is 5.75 Å². The molecule has 2 N–H and O–H groups in total. The molecule has 1 atom stereocenters. The van der Waals surface area contributed by atoms with Crippen LogP contribution >= 0.6 is 11.6 Å². The second-order valence-corrected chi connectivity index (χ2v) is 6.68. The molecule has 0 saturated carbocycles. The van der Waals surface area contributed by atoms with E-state index in [9.17, 15) is 0 Å². The summed E-state index contributed by atoms with van der Waals surface area (Å²) in [7, 11) is 3.82. The molecule has 2 rings (SSSR count). The van der Waals surface area contributed by atoms with Gasteiger partial charge in [0.05, 0.1) is 7.11 Å². The zero-order valence-electron chi connectivity index (χ0n) is 14.9. The van der Waals surface area contributed by atoms with Crippen molar-refractivity contribution in [2.45, 2.75) is 19.8 Å². The zero-order chi connectivity index (χ0) is 17.4. The average molecular weight is 353 g/mol. The van der Waals surface area contributed by atoms with E-state index < -0.39 is 0 Å². The lowest BCUT2D eigenvalue weighted by molar-refractivity contribution is 0.397. The Kier molecular flexibility index (Phi) is 7.66. The highest BCUT2D eigenvalue weighted by Gasteiger charge is 2.18. The fourth-order valence-corrected chi connectivity index (χ4v) is 3.18. The Bertz CT molecular complexity index is 550. The monoisotopic (exact) mass is 352 g/mol. The molecule has 5 nitrogen and oxygen atoms in total. The summed E-state index contributed by atoms with van der Waals surface area (Å²) in [5, 5.41) is 7.45. The van der Waals surface area contributed by atoms with Crippen LogP contribution in [0.2, 0.25) is 5.02 Å². The van der Waals surface area contributed by atoms with Crippen LogP contribution in [-0.4, -0.2) is 57.7 Å². The summed E-state index contributed by atoms with van der Waals surface area (Å²) in [5.41, 5.74) is 1.11. The number of nitrogens with zero attached hydrogens (tertiary/aromatic N) is 2. The SMILES string of the molecule is CCNC(=NCC1CCN(C)C1)NCCc1ccc(OC)cc1Cl. The summed E-state index contributed by atoms with van der Waals surface area (Å²) in [6.45, 7) is 6.94. The van der Waals surface area contributed by atoms with Gasteiger partial charge in [-0.05, 0) is 57.0 Å². The molecule has 0 radical (unpaired) electrons. The summed E-state index contributed by atoms with van der Waals surface area (Å²) in [5.74, 6) is 2.34. The lowest BCUT2D eigenvalue weighted by Gasteiger charge is -2.14. The van der Waals surface area contributed by atoms with Crippen molar-refractivity contribution < 1.29 is 4.74 Å². The number of nitrogens with one attached hydrogen (secondary N) is 2. The van der Waals surface area contributed by atoms with Gasteiger partial charge in [-0.3, -0.25) is 4.99 Å². The van der Waals surface area contributed by atoms with Gasteiger partial charge in [-0.15, -0.1) is 0 Å². The molecule has 0 aliphatic carbocycles. The fourth-order valence-electron chi connectivity index (χ4n) is 2.91. The number of rotatable bonds is 7. The Morgan fingerprint density at radius 3 is 2.88 bits per heavy atom. The maximum Gasteiger partial charge on any atom is 0.191 e. The standard InChI is InChI=1S/C18H29ClN4O/c1-4-20-18(22-12-14-8-10-23(2)13-14)21-9-7-15-5-6-16(24-3)11-17(15)19/h5-6,11,14H,4,7-10,12-13H2,1-3H3,(H2,20,21,22). The van der Waals surface area contributed by atoms with E-state index in [4.69, 9.17) is 21.3 Å². The quantitative estimate of drug-likeness (QED) is 0.584. The van der Waals surface area contributed by atoms with E-state index in [1.807, 2.05) is 18.2 Å². The Labute approximate surface area is 150 Å². The van der Waals surface area contributed by atoms with Crippen LogP contribution in [0.3, 0.4) is 0 Å². The van der Waals surface area contributed by atoms with Gasteiger partial charge in [-0.1, -0.05) is 17.7 Å². The number of methoxy groups -OCH3 is 1. The minimum Gasteiger partial charge on any atom is -0.497 e. The number of hydrogen-bond acceptors (Lipinski definition) is 3. The van der Waals surface area contributed by atoms with E-state index >= 15 is 0 Å². The first-order chi connectivity index (χ1) is 11.6. The summed E-state index contributed by atoms with van der Waals surface area (Å²) in [4.78, 5) is 7.09. The average Bonchev–Trinajstić information content (AvgIpc) is 2.99. The van der Waals surface area contributed by atoms with Crippen molar-refractivity contribution >= 4 is 17.6 Å². The van der Waals surface area contributed by atoms with E-state index in [1.165, 1.54) is 13.0 Å². The van der Waals surface area contributed by atoms with Gasteiger partial charge in [-0.2, -0.15) is 0 Å². The Morgan fingerprint density at radius 2 is 2.25 bits per heavy atom. The van der Waals surface area contributed by atoms with Crippen molar-refractivity contribution in [1.29, 1.82) is 0 Å². The Balaban J connectivity index is 1.82. The third-order valence-corrected chi connectivity index (χ3v) is 4.64. The van der Waals surface area contributed by atoms with Gasteiger partial charge in [0.15, 0.2) is 5.96 Å². The Morgan fingerprint density at radius 1 is 1.42 bits per heavy atom. The molecule has 1 heterocycles. The van der Waals surface area contributed by atoms with Gasteiger partial charge in [0.2, 0.25) is 0 Å². The molecule has 0 aromatic heterocycles. The molecule has 1 aliphatic heterocycles. The molecule has 0 bridgehead atoms. The third-order valence-electron chi connectivity index (χ3n) is 4.29. The van der Waals surface area contributed by atoms with E-state index in [-0.39, 0.29) is 0 Å². The first-order valence-corrected chi connectivity index (χ1v) is 9.03. The minimum atomic E-state index is 0.668. The topological polar surface area (TPSA) is 48.9 Å². The van der Waals surface area contributed by atoms with Crippen LogP contribution < -0.4 is 15.4 Å². The fraction of sp³-hybridized carbons (Fsp3) is 0.611. The van der Waals surface area contributed by atoms with Crippen LogP contribution in [-0.2, 0) is 6.42 Å². The van der Waals surface area contributed by atoms with E-state index in [2.05, 4.69) is 29.5 Å². The van der Waals surface area contributed by atoms with Crippen LogP contribution in [0, 0.1) is 5.92 Å². The molecular formula is C18H29ClN4O. The van der Waals surface area contributed by atoms with Gasteiger partial charge in [0, 0.05) is 31.2 Å². The summed E-state index contributed by atoms with van der Waals surface area (Å²) >= 11 is 6.29. The van der Waals surface area contributed by atoms with Gasteiger partial charge in [0.25, 0.3) is 0 Å². The summed E-state index contributed by atoms with van der Waals surface area (Å²) < 4.78 is 5.18. The lowest BCUT2D eigenvalue weighted by atomic mass is 10.1. The maximum absolute atomic E-state index is 6.29. The van der Waals surface area contributed by atoms with Crippen molar-refractivity contribution in [3.8, 4) is 5.75 Å². The van der Waals surface area contributed by atoms with Crippen LogP contribution in [0.25, 0.3) is 0 Å². The molecule has 1 aromatic carbocycles. The van der Waals surface area contributed by atoms with Crippen molar-refractivity contribution in [2.75, 3.05) is 46.9 Å². The highest BCUT2D eigenvalue weighted by molar-refractivity contribution is 6.31. The molecule has 1 unspecified atom stereocenters. The van der Waals surface area contributed by atoms with E-state index in [1.54, 1.807) is 7.11 Å². The Hall–Kier alpha value is -1.46. The van der Waals surface area contributed by atoms with Gasteiger partial charge < -0.3 is 20.3 Å². The third kappa shape index (κ3) is 5.87. The number of ether oxygens (including phenoxy) is 1. The molecule has 0 spiro atoms. The second-order valence-electron chi connectivity index (χ2n) is 6.27. The van der Waals surface area contributed by atoms with Gasteiger partial charge >= 0.3 is 0 Å². The van der Waals surface area contributed by atoms with Gasteiger partial charge in [0.1, 0.15) is 5.75 Å². The number of hydrogen-bond donors (Lipinski definition) is 2. The van der Waals surface area contributed by atoms with Crippen LogP contribution in [0.1, 0.15) is 18.9 Å². The molecule has 6 heteroatoms. The highest BCUT2D eigenvalue weighted by Crippen LogP contribution is 2.22. The molecule has 24 heavy (non-hydrogen) atoms. The lowest BCUT2D eigenvalue weighted by Crippen LogP contribution is -2.38. The van der Waals surface area contributed by atoms with Crippen molar-refractivity contribution in [1.82, 2.24) is 15.5 Å². The number of halogens is 1. The first kappa shape index (κ1) is 18.9. The number of likely N-dealkylation sites (tertiary alicyclic amines) is 1. The molecule has 1 fully saturated rings. The molecule has 1 aliphatic rings. The van der Waals surface area contributed by atoms with Crippen molar-refractivity contribution in [3.05, 3.63) is 28.8 Å². The molecule has 134 valence electrons. The van der Waals surface area contributed by atoms with E-state index in [0.717, 1.165) is 54.9 Å². The van der Waals surface area contributed by atoms with Gasteiger partial charge in [-0.25, -0.2) is 0 Å². The summed E-state index contributed by atoms with van der Waals surface area (Å²) in [6.07, 6.45) is 2.08. The maximum atomic E-state index is 6.29. The summed E-state index contributed by atoms with van der Waals surface area (Å²) in [6, 6.07) is 5.81. The normalized spacial score (nSPS) is 18.7. The predicted molar refractivity (Wildman–Crippen MR) is 101 cm³/mol. The number of aliphatic imine (C=N–C) groups is 1.